The van der Waals surface area contributed by atoms with Gasteiger partial charge in [0.05, 0.1) is 0 Å². The summed E-state index contributed by atoms with van der Waals surface area (Å²) in [5.74, 6) is -0.915. The second-order valence-corrected chi connectivity index (χ2v) is 5.41. The smallest absolute Gasteiger partial charge is 0.159 e. The van der Waals surface area contributed by atoms with E-state index < -0.39 is 11.6 Å². The molecule has 1 unspecified atom stereocenters. The number of rotatable bonds is 8. The molecule has 1 rings (SSSR count). The van der Waals surface area contributed by atoms with Gasteiger partial charge in [-0.3, -0.25) is 0 Å². The third-order valence-electron chi connectivity index (χ3n) is 2.89. The lowest BCUT2D eigenvalue weighted by Gasteiger charge is -2.15. The summed E-state index contributed by atoms with van der Waals surface area (Å²) >= 11 is 0. The van der Waals surface area contributed by atoms with Crippen molar-refractivity contribution in [2.45, 2.75) is 33.2 Å². The minimum atomic E-state index is -0.789. The van der Waals surface area contributed by atoms with Crippen molar-refractivity contribution in [3.63, 3.8) is 0 Å². The second-order valence-electron chi connectivity index (χ2n) is 5.41. The topological polar surface area (TPSA) is 24.1 Å². The number of nitrogens with one attached hydrogen (secondary N) is 2. The summed E-state index contributed by atoms with van der Waals surface area (Å²) in [5.41, 5.74) is 0.814. The summed E-state index contributed by atoms with van der Waals surface area (Å²) in [5, 5.41) is 6.74. The van der Waals surface area contributed by atoms with Crippen molar-refractivity contribution in [1.82, 2.24) is 10.6 Å². The maximum atomic E-state index is 13.0. The quantitative estimate of drug-likeness (QED) is 0.759. The molecule has 0 fully saturated rings. The summed E-state index contributed by atoms with van der Waals surface area (Å²) in [6, 6.07) is 4.43. The van der Waals surface area contributed by atoms with Crippen LogP contribution < -0.4 is 10.6 Å². The fourth-order valence-corrected chi connectivity index (χ4v) is 1.82. The number of hydrogen-bond donors (Lipinski definition) is 2. The highest BCUT2D eigenvalue weighted by Crippen LogP contribution is 2.08. The number of halogens is 2. The molecule has 0 saturated carbocycles. The van der Waals surface area contributed by atoms with Crippen molar-refractivity contribution >= 4 is 0 Å². The van der Waals surface area contributed by atoms with Crippen molar-refractivity contribution in [3.8, 4) is 0 Å². The van der Waals surface area contributed by atoms with Crippen molar-refractivity contribution in [1.29, 1.82) is 0 Å². The maximum absolute atomic E-state index is 13.0. The van der Waals surface area contributed by atoms with Crippen LogP contribution in [0.25, 0.3) is 0 Å². The molecule has 0 amide bonds. The highest BCUT2D eigenvalue weighted by molar-refractivity contribution is 5.18. The van der Waals surface area contributed by atoms with E-state index in [1.807, 2.05) is 0 Å². The molecule has 0 radical (unpaired) electrons. The Kier molecular flexibility index (Phi) is 6.95. The summed E-state index contributed by atoms with van der Waals surface area (Å²) in [4.78, 5) is 0. The van der Waals surface area contributed by atoms with Crippen LogP contribution in [0.4, 0.5) is 8.78 Å². The predicted octanol–water partition coefficient (Wildman–Crippen LogP) is 2.73. The molecule has 0 aliphatic carbocycles. The second kappa shape index (κ2) is 8.23. The zero-order valence-electron chi connectivity index (χ0n) is 12.0. The maximum Gasteiger partial charge on any atom is 0.159 e. The Labute approximate surface area is 114 Å². The van der Waals surface area contributed by atoms with E-state index in [2.05, 4.69) is 31.4 Å². The summed E-state index contributed by atoms with van der Waals surface area (Å²) in [7, 11) is 0. The van der Waals surface area contributed by atoms with Crippen LogP contribution in [0.15, 0.2) is 18.2 Å². The lowest BCUT2D eigenvalue weighted by atomic mass is 10.1. The zero-order valence-corrected chi connectivity index (χ0v) is 12.0. The van der Waals surface area contributed by atoms with Crippen LogP contribution in [-0.4, -0.2) is 25.7 Å². The average molecular weight is 270 g/mol. The van der Waals surface area contributed by atoms with Gasteiger partial charge in [0.25, 0.3) is 0 Å². The van der Waals surface area contributed by atoms with Crippen LogP contribution >= 0.6 is 0 Å². The lowest BCUT2D eigenvalue weighted by Crippen LogP contribution is -2.38. The fraction of sp³-hybridized carbons (Fsp3) is 0.600. The SMILES string of the molecule is CC(C)CNCC(C)NCCc1ccc(F)c(F)c1. The van der Waals surface area contributed by atoms with Crippen LogP contribution in [0.5, 0.6) is 0 Å². The van der Waals surface area contributed by atoms with Gasteiger partial charge in [-0.15, -0.1) is 0 Å². The third kappa shape index (κ3) is 6.64. The fourth-order valence-electron chi connectivity index (χ4n) is 1.82. The molecular weight excluding hydrogens is 246 g/mol. The standard InChI is InChI=1S/C15H24F2N2/c1-11(2)9-18-10-12(3)19-7-6-13-4-5-14(16)15(17)8-13/h4-5,8,11-12,18-19H,6-7,9-10H2,1-3H3. The normalized spacial score (nSPS) is 12.9. The van der Waals surface area contributed by atoms with E-state index in [0.717, 1.165) is 25.2 Å². The summed E-state index contributed by atoms with van der Waals surface area (Å²) in [6.07, 6.45) is 0.700. The van der Waals surface area contributed by atoms with Crippen LogP contribution in [0, 0.1) is 17.6 Å². The van der Waals surface area contributed by atoms with Gasteiger partial charge in [0.2, 0.25) is 0 Å². The van der Waals surface area contributed by atoms with E-state index in [9.17, 15) is 8.78 Å². The predicted molar refractivity (Wildman–Crippen MR) is 75.2 cm³/mol. The van der Waals surface area contributed by atoms with Gasteiger partial charge in [-0.25, -0.2) is 8.78 Å². The van der Waals surface area contributed by atoms with Crippen molar-refractivity contribution in [3.05, 3.63) is 35.4 Å². The van der Waals surface area contributed by atoms with Gasteiger partial charge in [0.1, 0.15) is 0 Å². The monoisotopic (exact) mass is 270 g/mol. The molecular formula is C15H24F2N2. The Hall–Kier alpha value is -1.00. The first-order chi connectivity index (χ1) is 8.99. The highest BCUT2D eigenvalue weighted by Gasteiger charge is 2.04. The first kappa shape index (κ1) is 16.1. The Morgan fingerprint density at radius 1 is 1.05 bits per heavy atom. The van der Waals surface area contributed by atoms with Gasteiger partial charge in [0.15, 0.2) is 11.6 Å². The van der Waals surface area contributed by atoms with E-state index in [0.29, 0.717) is 18.4 Å². The van der Waals surface area contributed by atoms with Gasteiger partial charge < -0.3 is 10.6 Å². The third-order valence-corrected chi connectivity index (χ3v) is 2.89. The van der Waals surface area contributed by atoms with Crippen LogP contribution in [0.2, 0.25) is 0 Å². The molecule has 0 heterocycles. The summed E-state index contributed by atoms with van der Waals surface area (Å²) in [6.45, 7) is 9.14. The van der Waals surface area contributed by atoms with Crippen molar-refractivity contribution in [2.24, 2.45) is 5.92 Å². The van der Waals surface area contributed by atoms with Crippen molar-refractivity contribution in [2.75, 3.05) is 19.6 Å². The van der Waals surface area contributed by atoms with Gasteiger partial charge in [-0.1, -0.05) is 19.9 Å². The minimum Gasteiger partial charge on any atom is -0.315 e. The number of hydrogen-bond acceptors (Lipinski definition) is 2. The van der Waals surface area contributed by atoms with E-state index in [4.69, 9.17) is 0 Å². The Morgan fingerprint density at radius 3 is 2.42 bits per heavy atom. The largest absolute Gasteiger partial charge is 0.315 e. The molecule has 4 heteroatoms. The first-order valence-electron chi connectivity index (χ1n) is 6.87. The molecule has 108 valence electrons. The minimum absolute atomic E-state index is 0.365. The first-order valence-corrected chi connectivity index (χ1v) is 6.87. The van der Waals surface area contributed by atoms with Crippen LogP contribution in [0.3, 0.4) is 0 Å². The molecule has 1 aromatic carbocycles. The highest BCUT2D eigenvalue weighted by atomic mass is 19.2. The van der Waals surface area contributed by atoms with E-state index in [1.165, 1.54) is 12.1 Å². The molecule has 1 atom stereocenters. The molecule has 0 bridgehead atoms. The Bertz CT molecular complexity index is 380. The molecule has 1 aromatic rings. The molecule has 0 aliphatic heterocycles. The molecule has 2 nitrogen and oxygen atoms in total. The van der Waals surface area contributed by atoms with Gasteiger partial charge in [0, 0.05) is 12.6 Å². The molecule has 0 aliphatic rings. The molecule has 0 aromatic heterocycles. The lowest BCUT2D eigenvalue weighted by molar-refractivity contribution is 0.473. The van der Waals surface area contributed by atoms with Crippen LogP contribution in [-0.2, 0) is 6.42 Å². The Balaban J connectivity index is 2.20. The summed E-state index contributed by atoms with van der Waals surface area (Å²) < 4.78 is 25.8. The Morgan fingerprint density at radius 2 is 1.79 bits per heavy atom. The van der Waals surface area contributed by atoms with E-state index in [1.54, 1.807) is 6.07 Å². The van der Waals surface area contributed by atoms with Gasteiger partial charge in [-0.05, 0) is 50.0 Å². The molecule has 0 saturated heterocycles. The average Bonchev–Trinajstić information content (AvgIpc) is 2.33. The van der Waals surface area contributed by atoms with E-state index >= 15 is 0 Å². The molecule has 2 N–H and O–H groups in total. The van der Waals surface area contributed by atoms with E-state index in [-0.39, 0.29) is 0 Å². The zero-order chi connectivity index (χ0) is 14.3. The molecule has 19 heavy (non-hydrogen) atoms. The van der Waals surface area contributed by atoms with Crippen molar-refractivity contribution < 1.29 is 8.78 Å². The van der Waals surface area contributed by atoms with Gasteiger partial charge >= 0.3 is 0 Å². The molecule has 0 spiro atoms. The number of benzene rings is 1. The van der Waals surface area contributed by atoms with Crippen LogP contribution in [0.1, 0.15) is 26.3 Å². The van der Waals surface area contributed by atoms with Gasteiger partial charge in [-0.2, -0.15) is 0 Å².